The van der Waals surface area contributed by atoms with Crippen molar-refractivity contribution in [3.05, 3.63) is 57.7 Å². The van der Waals surface area contributed by atoms with Gasteiger partial charge in [0.25, 0.3) is 0 Å². The van der Waals surface area contributed by atoms with Gasteiger partial charge in [0.15, 0.2) is 0 Å². The summed E-state index contributed by atoms with van der Waals surface area (Å²) in [6.45, 7) is 0.494. The summed E-state index contributed by atoms with van der Waals surface area (Å²) in [5, 5.41) is 1.88. The minimum Gasteiger partial charge on any atom is -0.496 e. The van der Waals surface area contributed by atoms with Crippen LogP contribution in [-0.2, 0) is 11.3 Å². The summed E-state index contributed by atoms with van der Waals surface area (Å²) in [5.74, 6) is 0.580. The summed E-state index contributed by atoms with van der Waals surface area (Å²) >= 11 is 12.4. The molecule has 2 aromatic carbocycles. The Morgan fingerprint density at radius 3 is 2.50 bits per heavy atom. The first-order valence-corrected chi connectivity index (χ1v) is 8.51. The minimum absolute atomic E-state index is 0.378. The molecule has 7 heteroatoms. The molecule has 0 aliphatic rings. The van der Waals surface area contributed by atoms with Gasteiger partial charge < -0.3 is 18.8 Å². The van der Waals surface area contributed by atoms with Gasteiger partial charge in [-0.1, -0.05) is 23.2 Å². The zero-order valence-corrected chi connectivity index (χ0v) is 16.0. The minimum atomic E-state index is -0.445. The first-order chi connectivity index (χ1) is 12.5. The standard InChI is InChI=1S/C19H17Cl2NO4/c1-24-17-9-16-11(7-14(17)19(23)26-3)4-5-22(16)10-12-6-13(20)8-15(21)18(12)25-2/h4-9H,10H2,1-3H3. The number of carbonyl (C=O) groups excluding carboxylic acids is 1. The molecule has 3 rings (SSSR count). The van der Waals surface area contributed by atoms with Gasteiger partial charge in [0.05, 0.1) is 38.4 Å². The predicted molar refractivity (Wildman–Crippen MR) is 102 cm³/mol. The lowest BCUT2D eigenvalue weighted by Gasteiger charge is -2.13. The lowest BCUT2D eigenvalue weighted by atomic mass is 10.1. The Hall–Kier alpha value is -2.37. The van der Waals surface area contributed by atoms with E-state index in [9.17, 15) is 4.79 Å². The summed E-state index contributed by atoms with van der Waals surface area (Å²) in [6, 6.07) is 8.93. The number of methoxy groups -OCH3 is 3. The second-order valence-corrected chi connectivity index (χ2v) is 6.47. The van der Waals surface area contributed by atoms with Crippen LogP contribution in [0.2, 0.25) is 10.0 Å². The fraction of sp³-hybridized carbons (Fsp3) is 0.211. The number of rotatable bonds is 5. The molecule has 26 heavy (non-hydrogen) atoms. The van der Waals surface area contributed by atoms with Crippen molar-refractivity contribution in [2.24, 2.45) is 0 Å². The molecule has 136 valence electrons. The predicted octanol–water partition coefficient (Wildman–Crippen LogP) is 4.80. The topological polar surface area (TPSA) is 49.7 Å². The molecule has 0 fully saturated rings. The zero-order chi connectivity index (χ0) is 18.8. The van der Waals surface area contributed by atoms with Crippen molar-refractivity contribution in [3.63, 3.8) is 0 Å². The molecule has 0 saturated heterocycles. The van der Waals surface area contributed by atoms with Crippen molar-refractivity contribution in [3.8, 4) is 11.5 Å². The molecule has 0 atom stereocenters. The summed E-state index contributed by atoms with van der Waals surface area (Å²) < 4.78 is 17.6. The lowest BCUT2D eigenvalue weighted by Crippen LogP contribution is -2.05. The third-order valence-electron chi connectivity index (χ3n) is 4.13. The molecular weight excluding hydrogens is 377 g/mol. The van der Waals surface area contributed by atoms with Gasteiger partial charge in [-0.05, 0) is 24.3 Å². The molecule has 0 aliphatic carbocycles. The first-order valence-electron chi connectivity index (χ1n) is 7.75. The third-order valence-corrected chi connectivity index (χ3v) is 4.63. The number of ether oxygens (including phenoxy) is 3. The SMILES string of the molecule is COC(=O)c1cc2ccn(Cc3cc(Cl)cc(Cl)c3OC)c2cc1OC. The van der Waals surface area contributed by atoms with Crippen LogP contribution in [-0.4, -0.2) is 31.9 Å². The molecule has 0 spiro atoms. The van der Waals surface area contributed by atoms with Crippen LogP contribution in [0.4, 0.5) is 0 Å². The summed E-state index contributed by atoms with van der Waals surface area (Å²) in [5.41, 5.74) is 2.12. The average Bonchev–Trinajstić information content (AvgIpc) is 3.01. The quantitative estimate of drug-likeness (QED) is 0.584. The molecule has 0 amide bonds. The van der Waals surface area contributed by atoms with E-state index in [1.165, 1.54) is 14.2 Å². The van der Waals surface area contributed by atoms with Crippen LogP contribution in [0.15, 0.2) is 36.5 Å². The molecule has 0 bridgehead atoms. The summed E-state index contributed by atoms with van der Waals surface area (Å²) in [6.07, 6.45) is 1.92. The maximum atomic E-state index is 11.9. The van der Waals surface area contributed by atoms with E-state index in [0.717, 1.165) is 16.5 Å². The molecule has 0 unspecified atom stereocenters. The highest BCUT2D eigenvalue weighted by Crippen LogP contribution is 2.34. The summed E-state index contributed by atoms with van der Waals surface area (Å²) in [7, 11) is 4.42. The molecule has 1 aromatic heterocycles. The number of halogens is 2. The fourth-order valence-corrected chi connectivity index (χ4v) is 3.55. The van der Waals surface area contributed by atoms with E-state index in [0.29, 0.717) is 33.7 Å². The average molecular weight is 394 g/mol. The van der Waals surface area contributed by atoms with Gasteiger partial charge in [-0.2, -0.15) is 0 Å². The maximum Gasteiger partial charge on any atom is 0.341 e. The Balaban J connectivity index is 2.09. The number of esters is 1. The van der Waals surface area contributed by atoms with Gasteiger partial charge in [0, 0.05) is 28.2 Å². The van der Waals surface area contributed by atoms with E-state index in [-0.39, 0.29) is 0 Å². The van der Waals surface area contributed by atoms with Crippen LogP contribution in [0.3, 0.4) is 0 Å². The summed E-state index contributed by atoms with van der Waals surface area (Å²) in [4.78, 5) is 11.9. The van der Waals surface area contributed by atoms with E-state index < -0.39 is 5.97 Å². The van der Waals surface area contributed by atoms with Crippen LogP contribution < -0.4 is 9.47 Å². The number of fused-ring (bicyclic) bond motifs is 1. The zero-order valence-electron chi connectivity index (χ0n) is 14.5. The number of hydrogen-bond donors (Lipinski definition) is 0. The second-order valence-electron chi connectivity index (χ2n) is 5.63. The molecule has 1 heterocycles. The fourth-order valence-electron chi connectivity index (χ4n) is 2.94. The number of benzene rings is 2. The van der Waals surface area contributed by atoms with Gasteiger partial charge in [-0.25, -0.2) is 4.79 Å². The Morgan fingerprint density at radius 1 is 1.08 bits per heavy atom. The monoisotopic (exact) mass is 393 g/mol. The van der Waals surface area contributed by atoms with Crippen molar-refractivity contribution in [1.82, 2.24) is 4.57 Å². The Labute approximate surface area is 161 Å². The van der Waals surface area contributed by atoms with Crippen LogP contribution in [0.1, 0.15) is 15.9 Å². The van der Waals surface area contributed by atoms with Gasteiger partial charge in [0.2, 0.25) is 0 Å². The van der Waals surface area contributed by atoms with Gasteiger partial charge in [-0.15, -0.1) is 0 Å². The normalized spacial score (nSPS) is 10.8. The highest BCUT2D eigenvalue weighted by atomic mass is 35.5. The van der Waals surface area contributed by atoms with E-state index in [1.54, 1.807) is 25.3 Å². The van der Waals surface area contributed by atoms with Crippen molar-refractivity contribution < 1.29 is 19.0 Å². The van der Waals surface area contributed by atoms with E-state index in [4.69, 9.17) is 37.4 Å². The van der Waals surface area contributed by atoms with Crippen LogP contribution in [0.5, 0.6) is 11.5 Å². The largest absolute Gasteiger partial charge is 0.496 e. The number of nitrogens with zero attached hydrogens (tertiary/aromatic N) is 1. The molecule has 5 nitrogen and oxygen atoms in total. The van der Waals surface area contributed by atoms with Gasteiger partial charge >= 0.3 is 5.97 Å². The number of carbonyl (C=O) groups is 1. The van der Waals surface area contributed by atoms with Gasteiger partial charge in [-0.3, -0.25) is 0 Å². The van der Waals surface area contributed by atoms with Crippen molar-refractivity contribution in [1.29, 1.82) is 0 Å². The van der Waals surface area contributed by atoms with Crippen molar-refractivity contribution in [2.45, 2.75) is 6.54 Å². The van der Waals surface area contributed by atoms with E-state index in [2.05, 4.69) is 0 Å². The van der Waals surface area contributed by atoms with E-state index in [1.807, 2.05) is 22.9 Å². The molecule has 0 aliphatic heterocycles. The van der Waals surface area contributed by atoms with Gasteiger partial charge in [0.1, 0.15) is 17.1 Å². The first kappa shape index (κ1) is 18.4. The Morgan fingerprint density at radius 2 is 1.85 bits per heavy atom. The Kier molecular flexibility index (Phi) is 5.30. The Bertz CT molecular complexity index is 981. The lowest BCUT2D eigenvalue weighted by molar-refractivity contribution is 0.0597. The third kappa shape index (κ3) is 3.32. The van der Waals surface area contributed by atoms with Crippen LogP contribution >= 0.6 is 23.2 Å². The number of aromatic nitrogens is 1. The van der Waals surface area contributed by atoms with Crippen molar-refractivity contribution >= 4 is 40.1 Å². The van der Waals surface area contributed by atoms with E-state index >= 15 is 0 Å². The molecule has 0 N–H and O–H groups in total. The smallest absolute Gasteiger partial charge is 0.341 e. The van der Waals surface area contributed by atoms with Crippen LogP contribution in [0, 0.1) is 0 Å². The molecule has 0 saturated carbocycles. The molecular formula is C19H17Cl2NO4. The highest BCUT2D eigenvalue weighted by molar-refractivity contribution is 6.35. The number of hydrogen-bond acceptors (Lipinski definition) is 4. The highest BCUT2D eigenvalue weighted by Gasteiger charge is 2.17. The second kappa shape index (κ2) is 7.48. The van der Waals surface area contributed by atoms with Crippen molar-refractivity contribution in [2.75, 3.05) is 21.3 Å². The van der Waals surface area contributed by atoms with Crippen LogP contribution in [0.25, 0.3) is 10.9 Å². The molecule has 3 aromatic rings. The molecule has 0 radical (unpaired) electrons. The maximum absolute atomic E-state index is 11.9.